The molecule has 0 radical (unpaired) electrons. The molecule has 0 aromatic heterocycles. The van der Waals surface area contributed by atoms with Gasteiger partial charge < -0.3 is 24.4 Å². The molecule has 0 saturated carbocycles. The summed E-state index contributed by atoms with van der Waals surface area (Å²) >= 11 is 0. The number of rotatable bonds is 8. The first-order valence-corrected chi connectivity index (χ1v) is 6.36. The molecule has 2 aliphatic heterocycles. The summed E-state index contributed by atoms with van der Waals surface area (Å²) in [7, 11) is 0. The van der Waals surface area contributed by atoms with Crippen LogP contribution in [0.3, 0.4) is 0 Å². The Hall–Kier alpha value is -0.200. The Morgan fingerprint density at radius 3 is 2.06 bits per heavy atom. The maximum atomic E-state index is 8.89. The number of hydrogen-bond donors (Lipinski definition) is 2. The van der Waals surface area contributed by atoms with Crippen molar-refractivity contribution >= 4 is 0 Å². The third kappa shape index (κ3) is 9.50. The summed E-state index contributed by atoms with van der Waals surface area (Å²) in [6.45, 7) is 5.37. The van der Waals surface area contributed by atoms with Crippen LogP contribution in [0.25, 0.3) is 0 Å². The van der Waals surface area contributed by atoms with Gasteiger partial charge in [-0.3, -0.25) is 0 Å². The fraction of sp³-hybridized carbons (Fsp3) is 1.00. The lowest BCUT2D eigenvalue weighted by molar-refractivity contribution is 0.102. The van der Waals surface area contributed by atoms with E-state index in [9.17, 15) is 0 Å². The molecule has 3 atom stereocenters. The summed E-state index contributed by atoms with van der Waals surface area (Å²) in [6, 6.07) is 0. The molecule has 2 rings (SSSR count). The van der Waals surface area contributed by atoms with Crippen LogP contribution in [0.2, 0.25) is 0 Å². The van der Waals surface area contributed by atoms with E-state index in [2.05, 4.69) is 0 Å². The van der Waals surface area contributed by atoms with Crippen molar-refractivity contribution in [3.8, 4) is 0 Å². The topological polar surface area (TPSA) is 74.8 Å². The molecule has 5 nitrogen and oxygen atoms in total. The van der Waals surface area contributed by atoms with Crippen molar-refractivity contribution in [1.29, 1.82) is 0 Å². The van der Waals surface area contributed by atoms with Gasteiger partial charge in [-0.15, -0.1) is 0 Å². The lowest BCUT2D eigenvalue weighted by Gasteiger charge is -2.04. The average molecular weight is 248 g/mol. The minimum Gasteiger partial charge on any atom is -0.396 e. The van der Waals surface area contributed by atoms with E-state index in [1.54, 1.807) is 0 Å². The number of hydrogen-bond acceptors (Lipinski definition) is 5. The first-order chi connectivity index (χ1) is 8.26. The van der Waals surface area contributed by atoms with E-state index in [0.717, 1.165) is 39.3 Å². The molecule has 0 aliphatic carbocycles. The molecule has 17 heavy (non-hydrogen) atoms. The predicted octanol–water partition coefficient (Wildman–Crippen LogP) is 0.330. The first kappa shape index (κ1) is 14.9. The second kappa shape index (κ2) is 8.83. The molecule has 2 fully saturated rings. The smallest absolute Gasteiger partial charge is 0.104 e. The van der Waals surface area contributed by atoms with Crippen molar-refractivity contribution < 1.29 is 24.4 Å². The number of epoxide rings is 2. The van der Waals surface area contributed by atoms with Crippen molar-refractivity contribution in [3.63, 3.8) is 0 Å². The van der Waals surface area contributed by atoms with Gasteiger partial charge in [-0.2, -0.15) is 0 Å². The fourth-order valence-electron chi connectivity index (χ4n) is 1.29. The zero-order chi connectivity index (χ0) is 12.5. The van der Waals surface area contributed by atoms with E-state index < -0.39 is 0 Å². The normalized spacial score (nSPS) is 27.0. The molecule has 2 heterocycles. The molecule has 0 aromatic carbocycles. The number of aliphatic hydroxyl groups excluding tert-OH is 2. The molecule has 102 valence electrons. The van der Waals surface area contributed by atoms with Crippen molar-refractivity contribution in [2.75, 3.05) is 33.0 Å². The van der Waals surface area contributed by atoms with E-state index in [0.29, 0.717) is 18.6 Å². The van der Waals surface area contributed by atoms with Gasteiger partial charge in [0.15, 0.2) is 0 Å². The quantitative estimate of drug-likeness (QED) is 0.605. The van der Waals surface area contributed by atoms with Crippen LogP contribution >= 0.6 is 0 Å². The number of ether oxygens (including phenoxy) is 3. The highest BCUT2D eigenvalue weighted by Gasteiger charge is 2.26. The van der Waals surface area contributed by atoms with Gasteiger partial charge >= 0.3 is 0 Å². The van der Waals surface area contributed by atoms with E-state index >= 15 is 0 Å². The van der Waals surface area contributed by atoms with Crippen molar-refractivity contribution in [3.05, 3.63) is 0 Å². The lowest BCUT2D eigenvalue weighted by Crippen LogP contribution is -2.07. The van der Waals surface area contributed by atoms with Crippen molar-refractivity contribution in [2.45, 2.75) is 44.5 Å². The third-order valence-electron chi connectivity index (χ3n) is 2.50. The minimum atomic E-state index is -0.287. The fourth-order valence-corrected chi connectivity index (χ4v) is 1.29. The summed E-state index contributed by atoms with van der Waals surface area (Å²) < 4.78 is 15.1. The van der Waals surface area contributed by atoms with E-state index in [1.807, 2.05) is 6.92 Å². The SMILES string of the molecule is C(OCC1CO1)C1CO1.CCCC(O)CCO. The Labute approximate surface area is 103 Å². The van der Waals surface area contributed by atoms with Gasteiger partial charge in [0, 0.05) is 6.61 Å². The maximum absolute atomic E-state index is 8.89. The zero-order valence-corrected chi connectivity index (χ0v) is 10.5. The molecule has 0 amide bonds. The highest BCUT2D eigenvalue weighted by molar-refractivity contribution is 4.71. The van der Waals surface area contributed by atoms with Crippen LogP contribution in [0.4, 0.5) is 0 Å². The third-order valence-corrected chi connectivity index (χ3v) is 2.50. The monoisotopic (exact) mass is 248 g/mol. The van der Waals surface area contributed by atoms with E-state index in [1.165, 1.54) is 0 Å². The van der Waals surface area contributed by atoms with Crippen LogP contribution in [0.5, 0.6) is 0 Å². The molecule has 5 heteroatoms. The Balaban J connectivity index is 0.000000172. The standard InChI is InChI=1S/C6H10O3.C6H14O2/c1(5-3-8-5)7-2-6-4-9-6;1-2-3-6(8)4-5-7/h5-6H,1-4H2;6-8H,2-5H2,1H3. The highest BCUT2D eigenvalue weighted by atomic mass is 16.6. The second-order valence-corrected chi connectivity index (χ2v) is 4.40. The molecule has 2 N–H and O–H groups in total. The summed E-state index contributed by atoms with van der Waals surface area (Å²) in [4.78, 5) is 0. The van der Waals surface area contributed by atoms with Crippen LogP contribution in [0.15, 0.2) is 0 Å². The summed E-state index contributed by atoms with van der Waals surface area (Å²) in [5, 5.41) is 17.2. The van der Waals surface area contributed by atoms with Gasteiger partial charge in [0.05, 0.1) is 32.5 Å². The van der Waals surface area contributed by atoms with Gasteiger partial charge in [0.25, 0.3) is 0 Å². The van der Waals surface area contributed by atoms with Gasteiger partial charge in [0.1, 0.15) is 12.2 Å². The summed E-state index contributed by atoms with van der Waals surface area (Å²) in [5.41, 5.74) is 0. The first-order valence-electron chi connectivity index (χ1n) is 6.36. The molecule has 2 aliphatic rings. The van der Waals surface area contributed by atoms with Gasteiger partial charge in [0.2, 0.25) is 0 Å². The molecule has 0 bridgehead atoms. The van der Waals surface area contributed by atoms with Crippen LogP contribution in [-0.2, 0) is 14.2 Å². The lowest BCUT2D eigenvalue weighted by atomic mass is 10.2. The maximum Gasteiger partial charge on any atom is 0.104 e. The van der Waals surface area contributed by atoms with Crippen molar-refractivity contribution in [1.82, 2.24) is 0 Å². The minimum absolute atomic E-state index is 0.0984. The van der Waals surface area contributed by atoms with E-state index in [4.69, 9.17) is 24.4 Å². The molecule has 0 spiro atoms. The van der Waals surface area contributed by atoms with Crippen LogP contribution < -0.4 is 0 Å². The van der Waals surface area contributed by atoms with Crippen LogP contribution in [-0.4, -0.2) is 61.6 Å². The zero-order valence-electron chi connectivity index (χ0n) is 10.5. The molecular weight excluding hydrogens is 224 g/mol. The van der Waals surface area contributed by atoms with Crippen LogP contribution in [0, 0.1) is 0 Å². The van der Waals surface area contributed by atoms with Gasteiger partial charge in [-0.1, -0.05) is 13.3 Å². The second-order valence-electron chi connectivity index (χ2n) is 4.40. The summed E-state index contributed by atoms with van der Waals surface area (Å²) in [5.74, 6) is 0. The molecule has 3 unspecified atom stereocenters. The van der Waals surface area contributed by atoms with E-state index in [-0.39, 0.29) is 12.7 Å². The molecule has 0 aromatic rings. The Kier molecular flexibility index (Phi) is 7.72. The Morgan fingerprint density at radius 1 is 1.18 bits per heavy atom. The Bertz CT molecular complexity index is 162. The highest BCUT2D eigenvalue weighted by Crippen LogP contribution is 2.12. The van der Waals surface area contributed by atoms with Gasteiger partial charge in [-0.25, -0.2) is 0 Å². The van der Waals surface area contributed by atoms with Gasteiger partial charge in [-0.05, 0) is 12.8 Å². The average Bonchev–Trinajstić information content (AvgIpc) is 3.14. The predicted molar refractivity (Wildman–Crippen MR) is 62.9 cm³/mol. The van der Waals surface area contributed by atoms with Crippen LogP contribution in [0.1, 0.15) is 26.2 Å². The Morgan fingerprint density at radius 2 is 1.71 bits per heavy atom. The van der Waals surface area contributed by atoms with Crippen molar-refractivity contribution in [2.24, 2.45) is 0 Å². The number of aliphatic hydroxyl groups is 2. The molecular formula is C12H24O5. The molecule has 2 saturated heterocycles. The summed E-state index contributed by atoms with van der Waals surface area (Å²) in [6.07, 6.45) is 2.81. The largest absolute Gasteiger partial charge is 0.396 e.